The molecular formula is C22H34O3. The second-order valence-corrected chi connectivity index (χ2v) is 10.0. The summed E-state index contributed by atoms with van der Waals surface area (Å²) in [6.45, 7) is 6.78. The highest BCUT2D eigenvalue weighted by atomic mass is 16.4. The molecule has 25 heavy (non-hydrogen) atoms. The van der Waals surface area contributed by atoms with Crippen LogP contribution in [0.4, 0.5) is 0 Å². The smallest absolute Gasteiger partial charge is 0.306 e. The number of carboxylic acids is 1. The summed E-state index contributed by atoms with van der Waals surface area (Å²) in [4.78, 5) is 11.6. The van der Waals surface area contributed by atoms with Gasteiger partial charge < -0.3 is 10.2 Å². The first-order valence-corrected chi connectivity index (χ1v) is 10.4. The van der Waals surface area contributed by atoms with Crippen LogP contribution >= 0.6 is 0 Å². The van der Waals surface area contributed by atoms with E-state index < -0.39 is 5.97 Å². The van der Waals surface area contributed by atoms with Crippen molar-refractivity contribution in [3.05, 3.63) is 11.6 Å². The number of aliphatic carboxylic acids is 1. The molecule has 2 N–H and O–H groups in total. The number of aliphatic hydroxyl groups is 1. The Morgan fingerprint density at radius 1 is 1.16 bits per heavy atom. The van der Waals surface area contributed by atoms with Gasteiger partial charge >= 0.3 is 5.97 Å². The van der Waals surface area contributed by atoms with Crippen LogP contribution in [-0.2, 0) is 4.79 Å². The molecule has 140 valence electrons. The van der Waals surface area contributed by atoms with Crippen LogP contribution in [0.15, 0.2) is 11.6 Å². The van der Waals surface area contributed by atoms with Crippen LogP contribution in [0.2, 0.25) is 0 Å². The molecule has 0 aromatic carbocycles. The molecule has 0 aliphatic heterocycles. The van der Waals surface area contributed by atoms with Crippen LogP contribution in [0, 0.1) is 40.4 Å². The molecule has 0 amide bonds. The first-order chi connectivity index (χ1) is 11.8. The molecule has 0 unspecified atom stereocenters. The number of hydrogen-bond acceptors (Lipinski definition) is 2. The van der Waals surface area contributed by atoms with Crippen molar-refractivity contribution in [2.24, 2.45) is 40.4 Å². The predicted octanol–water partition coefficient (Wildman–Crippen LogP) is 4.65. The van der Waals surface area contributed by atoms with Crippen LogP contribution in [0.5, 0.6) is 0 Å². The number of aliphatic hydroxyl groups excluding tert-OH is 1. The zero-order valence-electron chi connectivity index (χ0n) is 16.0. The van der Waals surface area contributed by atoms with Crippen LogP contribution in [0.1, 0.15) is 72.1 Å². The Morgan fingerprint density at radius 3 is 2.64 bits per heavy atom. The third-order valence-corrected chi connectivity index (χ3v) is 9.14. The van der Waals surface area contributed by atoms with E-state index in [9.17, 15) is 15.0 Å². The normalized spacial score (nSPS) is 50.2. The number of carboxylic acid groups (broad SMARTS) is 1. The van der Waals surface area contributed by atoms with Crippen LogP contribution in [0.3, 0.4) is 0 Å². The molecule has 4 rings (SSSR count). The quantitative estimate of drug-likeness (QED) is 0.716. The molecule has 3 nitrogen and oxygen atoms in total. The minimum atomic E-state index is -0.618. The van der Waals surface area contributed by atoms with E-state index in [4.69, 9.17) is 0 Å². The zero-order chi connectivity index (χ0) is 18.0. The van der Waals surface area contributed by atoms with Gasteiger partial charge in [0.2, 0.25) is 0 Å². The van der Waals surface area contributed by atoms with E-state index in [1.54, 1.807) is 0 Å². The van der Waals surface area contributed by atoms with Crippen molar-refractivity contribution in [3.8, 4) is 0 Å². The molecule has 3 fully saturated rings. The van der Waals surface area contributed by atoms with Gasteiger partial charge in [0.05, 0.1) is 12.0 Å². The minimum absolute atomic E-state index is 0.142. The average Bonchev–Trinajstić information content (AvgIpc) is 2.92. The van der Waals surface area contributed by atoms with Gasteiger partial charge in [0.15, 0.2) is 0 Å². The van der Waals surface area contributed by atoms with E-state index in [1.807, 2.05) is 6.92 Å². The molecule has 3 saturated carbocycles. The third kappa shape index (κ3) is 2.44. The molecular weight excluding hydrogens is 312 g/mol. The van der Waals surface area contributed by atoms with Crippen molar-refractivity contribution in [2.75, 3.05) is 0 Å². The second kappa shape index (κ2) is 5.84. The van der Waals surface area contributed by atoms with Crippen molar-refractivity contribution < 1.29 is 15.0 Å². The molecule has 0 radical (unpaired) electrons. The Morgan fingerprint density at radius 2 is 1.92 bits per heavy atom. The summed E-state index contributed by atoms with van der Waals surface area (Å²) >= 11 is 0. The summed E-state index contributed by atoms with van der Waals surface area (Å²) in [5.41, 5.74) is 2.00. The van der Waals surface area contributed by atoms with Crippen LogP contribution in [0.25, 0.3) is 0 Å². The van der Waals surface area contributed by atoms with E-state index in [0.717, 1.165) is 38.0 Å². The minimum Gasteiger partial charge on any atom is -0.481 e. The summed E-state index contributed by atoms with van der Waals surface area (Å²) in [5.74, 6) is 1.63. The summed E-state index contributed by atoms with van der Waals surface area (Å²) in [7, 11) is 0. The highest BCUT2D eigenvalue weighted by molar-refractivity contribution is 5.70. The molecule has 3 heteroatoms. The summed E-state index contributed by atoms with van der Waals surface area (Å²) in [5, 5.41) is 19.7. The Kier molecular flexibility index (Phi) is 4.10. The van der Waals surface area contributed by atoms with Gasteiger partial charge in [0.25, 0.3) is 0 Å². The lowest BCUT2D eigenvalue weighted by Gasteiger charge is -2.58. The maximum atomic E-state index is 11.6. The average molecular weight is 347 g/mol. The van der Waals surface area contributed by atoms with Crippen molar-refractivity contribution >= 4 is 5.97 Å². The third-order valence-electron chi connectivity index (χ3n) is 9.14. The van der Waals surface area contributed by atoms with Crippen molar-refractivity contribution in [1.82, 2.24) is 0 Å². The molecule has 4 aliphatic rings. The second-order valence-electron chi connectivity index (χ2n) is 10.0. The van der Waals surface area contributed by atoms with Gasteiger partial charge in [-0.2, -0.15) is 0 Å². The van der Waals surface area contributed by atoms with Gasteiger partial charge in [-0.3, -0.25) is 4.79 Å². The lowest BCUT2D eigenvalue weighted by molar-refractivity contribution is -0.146. The maximum absolute atomic E-state index is 11.6. The molecule has 0 spiro atoms. The standard InChI is InChI=1S/C22H34O3/c1-13(20(24)25)17-6-7-18-16-5-4-14-12-15(23)8-10-21(14,2)19(16)9-11-22(17,18)3/h4,13,15-19,23H,5-12H2,1-3H3,(H,24,25)/t13-,15-,16+,17+,18+,19+,21-,22+/m0/s1. The van der Waals surface area contributed by atoms with Gasteiger partial charge in [-0.1, -0.05) is 32.4 Å². The van der Waals surface area contributed by atoms with Gasteiger partial charge in [-0.25, -0.2) is 0 Å². The number of carbonyl (C=O) groups is 1. The molecule has 0 aromatic rings. The highest BCUT2D eigenvalue weighted by Gasteiger charge is 2.59. The summed E-state index contributed by atoms with van der Waals surface area (Å²) in [6, 6.07) is 0. The van der Waals surface area contributed by atoms with Gasteiger partial charge in [-0.15, -0.1) is 0 Å². The fourth-order valence-electron chi connectivity index (χ4n) is 7.68. The van der Waals surface area contributed by atoms with Gasteiger partial charge in [0, 0.05) is 0 Å². The largest absolute Gasteiger partial charge is 0.481 e. The fourth-order valence-corrected chi connectivity index (χ4v) is 7.68. The van der Waals surface area contributed by atoms with E-state index in [0.29, 0.717) is 17.8 Å². The molecule has 0 heterocycles. The summed E-state index contributed by atoms with van der Waals surface area (Å²) in [6.07, 6.45) is 11.1. The molecule has 8 atom stereocenters. The first kappa shape index (κ1) is 17.6. The number of allylic oxidation sites excluding steroid dienone is 1. The van der Waals surface area contributed by atoms with E-state index in [-0.39, 0.29) is 22.9 Å². The van der Waals surface area contributed by atoms with Crippen molar-refractivity contribution in [2.45, 2.75) is 78.2 Å². The summed E-state index contributed by atoms with van der Waals surface area (Å²) < 4.78 is 0. The van der Waals surface area contributed by atoms with E-state index in [1.165, 1.54) is 24.8 Å². The van der Waals surface area contributed by atoms with E-state index >= 15 is 0 Å². The topological polar surface area (TPSA) is 57.5 Å². The maximum Gasteiger partial charge on any atom is 0.306 e. The van der Waals surface area contributed by atoms with E-state index in [2.05, 4.69) is 19.9 Å². The Labute approximate surface area is 151 Å². The molecule has 0 saturated heterocycles. The SMILES string of the molecule is C[C@H](C(=O)O)[C@H]1CC[C@@H]2[C@H]3CC=C4C[C@@H](O)CC[C@]4(C)[C@@H]3CC[C@@]21C. The Balaban J connectivity index is 1.63. The number of hydrogen-bond donors (Lipinski definition) is 2. The molecule has 4 aliphatic carbocycles. The first-order valence-electron chi connectivity index (χ1n) is 10.4. The van der Waals surface area contributed by atoms with Crippen LogP contribution in [-0.4, -0.2) is 22.3 Å². The highest BCUT2D eigenvalue weighted by Crippen LogP contribution is 2.67. The lowest BCUT2D eigenvalue weighted by atomic mass is 9.47. The number of rotatable bonds is 2. The van der Waals surface area contributed by atoms with Crippen molar-refractivity contribution in [3.63, 3.8) is 0 Å². The molecule has 0 bridgehead atoms. The van der Waals surface area contributed by atoms with Crippen molar-refractivity contribution in [1.29, 1.82) is 0 Å². The Hall–Kier alpha value is -0.830. The zero-order valence-corrected chi connectivity index (χ0v) is 16.0. The lowest BCUT2D eigenvalue weighted by Crippen LogP contribution is -2.51. The van der Waals surface area contributed by atoms with Gasteiger partial charge in [0.1, 0.15) is 0 Å². The Bertz CT molecular complexity index is 596. The number of fused-ring (bicyclic) bond motifs is 5. The fraction of sp³-hybridized carbons (Fsp3) is 0.864. The monoisotopic (exact) mass is 346 g/mol. The predicted molar refractivity (Wildman–Crippen MR) is 98.0 cm³/mol. The van der Waals surface area contributed by atoms with Crippen LogP contribution < -0.4 is 0 Å². The molecule has 0 aromatic heterocycles. The van der Waals surface area contributed by atoms with Gasteiger partial charge in [-0.05, 0) is 85.9 Å².